The predicted octanol–water partition coefficient (Wildman–Crippen LogP) is 2.03. The van der Waals surface area contributed by atoms with Crippen LogP contribution in [-0.2, 0) is 4.79 Å². The van der Waals surface area contributed by atoms with Crippen molar-refractivity contribution in [2.24, 2.45) is 0 Å². The SMILES string of the molecule is CC(C(=O)O)c1cccc(Br)n1. The Labute approximate surface area is 78.6 Å². The second-order valence-electron chi connectivity index (χ2n) is 2.45. The van der Waals surface area contributed by atoms with Crippen LogP contribution >= 0.6 is 15.9 Å². The fourth-order valence-electron chi connectivity index (χ4n) is 0.792. The van der Waals surface area contributed by atoms with Crippen molar-refractivity contribution in [2.45, 2.75) is 12.8 Å². The first-order valence-electron chi connectivity index (χ1n) is 3.46. The van der Waals surface area contributed by atoms with Gasteiger partial charge in [-0.1, -0.05) is 6.07 Å². The van der Waals surface area contributed by atoms with Gasteiger partial charge in [0.2, 0.25) is 0 Å². The number of nitrogens with zero attached hydrogens (tertiary/aromatic N) is 1. The predicted molar refractivity (Wildman–Crippen MR) is 48.0 cm³/mol. The molecule has 64 valence electrons. The number of halogens is 1. The fraction of sp³-hybridized carbons (Fsp3) is 0.250. The third-order valence-electron chi connectivity index (χ3n) is 1.55. The Morgan fingerprint density at radius 2 is 2.33 bits per heavy atom. The molecule has 1 rings (SSSR count). The second kappa shape index (κ2) is 3.67. The summed E-state index contributed by atoms with van der Waals surface area (Å²) >= 11 is 3.18. The topological polar surface area (TPSA) is 50.2 Å². The highest BCUT2D eigenvalue weighted by atomic mass is 79.9. The minimum absolute atomic E-state index is 0.553. The molecule has 4 heteroatoms. The summed E-state index contributed by atoms with van der Waals surface area (Å²) in [6.45, 7) is 1.61. The Hall–Kier alpha value is -0.900. The Morgan fingerprint density at radius 1 is 1.67 bits per heavy atom. The maximum Gasteiger partial charge on any atom is 0.312 e. The van der Waals surface area contributed by atoms with Crippen LogP contribution < -0.4 is 0 Å². The Bertz CT molecular complexity index is 301. The molecular weight excluding hydrogens is 222 g/mol. The summed E-state index contributed by atoms with van der Waals surface area (Å²) in [4.78, 5) is 14.6. The summed E-state index contributed by atoms with van der Waals surface area (Å²) in [5.74, 6) is -1.41. The molecule has 0 aromatic carbocycles. The van der Waals surface area contributed by atoms with E-state index in [2.05, 4.69) is 20.9 Å². The lowest BCUT2D eigenvalue weighted by Crippen LogP contribution is -2.08. The smallest absolute Gasteiger partial charge is 0.312 e. The first kappa shape index (κ1) is 9.19. The average Bonchev–Trinajstić information content (AvgIpc) is 2.03. The van der Waals surface area contributed by atoms with E-state index < -0.39 is 11.9 Å². The molecule has 1 aromatic rings. The number of aromatic nitrogens is 1. The number of carboxylic acids is 1. The van der Waals surface area contributed by atoms with Gasteiger partial charge in [-0.05, 0) is 35.0 Å². The highest BCUT2D eigenvalue weighted by molar-refractivity contribution is 9.10. The quantitative estimate of drug-likeness (QED) is 0.790. The molecule has 0 radical (unpaired) electrons. The van der Waals surface area contributed by atoms with Gasteiger partial charge < -0.3 is 5.11 Å². The van der Waals surface area contributed by atoms with Crippen LogP contribution in [-0.4, -0.2) is 16.1 Å². The van der Waals surface area contributed by atoms with E-state index in [0.717, 1.165) is 0 Å². The zero-order valence-electron chi connectivity index (χ0n) is 6.49. The normalized spacial score (nSPS) is 12.5. The first-order chi connectivity index (χ1) is 5.61. The summed E-state index contributed by atoms with van der Waals surface area (Å²) in [6.07, 6.45) is 0. The van der Waals surface area contributed by atoms with E-state index in [1.807, 2.05) is 0 Å². The van der Waals surface area contributed by atoms with Crippen molar-refractivity contribution in [3.63, 3.8) is 0 Å². The number of pyridine rings is 1. The molecule has 1 atom stereocenters. The first-order valence-corrected chi connectivity index (χ1v) is 4.26. The highest BCUT2D eigenvalue weighted by Gasteiger charge is 2.14. The summed E-state index contributed by atoms with van der Waals surface area (Å²) < 4.78 is 0.660. The summed E-state index contributed by atoms with van der Waals surface area (Å²) in [5, 5.41) is 8.67. The Morgan fingerprint density at radius 3 is 2.83 bits per heavy atom. The van der Waals surface area contributed by atoms with Crippen LogP contribution in [0.4, 0.5) is 0 Å². The second-order valence-corrected chi connectivity index (χ2v) is 3.26. The maximum atomic E-state index is 10.6. The zero-order chi connectivity index (χ0) is 9.14. The van der Waals surface area contributed by atoms with Crippen LogP contribution in [0.2, 0.25) is 0 Å². The molecule has 12 heavy (non-hydrogen) atoms. The zero-order valence-corrected chi connectivity index (χ0v) is 8.08. The third kappa shape index (κ3) is 2.04. The monoisotopic (exact) mass is 229 g/mol. The van der Waals surface area contributed by atoms with Gasteiger partial charge in [-0.3, -0.25) is 4.79 Å². The van der Waals surface area contributed by atoms with E-state index >= 15 is 0 Å². The van der Waals surface area contributed by atoms with Crippen molar-refractivity contribution < 1.29 is 9.90 Å². The molecule has 0 amide bonds. The molecule has 0 fully saturated rings. The number of rotatable bonds is 2. The fourth-order valence-corrected chi connectivity index (χ4v) is 1.15. The van der Waals surface area contributed by atoms with Crippen LogP contribution in [0.3, 0.4) is 0 Å². The van der Waals surface area contributed by atoms with Gasteiger partial charge in [0, 0.05) is 0 Å². The molecule has 0 bridgehead atoms. The average molecular weight is 230 g/mol. The highest BCUT2D eigenvalue weighted by Crippen LogP contribution is 2.15. The Kier molecular flexibility index (Phi) is 2.81. The van der Waals surface area contributed by atoms with Gasteiger partial charge in [0.25, 0.3) is 0 Å². The number of hydrogen-bond acceptors (Lipinski definition) is 2. The van der Waals surface area contributed by atoms with Crippen LogP contribution in [0.15, 0.2) is 22.8 Å². The third-order valence-corrected chi connectivity index (χ3v) is 1.99. The van der Waals surface area contributed by atoms with E-state index in [4.69, 9.17) is 5.11 Å². The molecule has 0 aliphatic rings. The van der Waals surface area contributed by atoms with E-state index in [9.17, 15) is 4.79 Å². The molecule has 0 saturated heterocycles. The summed E-state index contributed by atoms with van der Waals surface area (Å²) in [6, 6.07) is 5.23. The van der Waals surface area contributed by atoms with E-state index in [1.165, 1.54) is 0 Å². The minimum atomic E-state index is -0.861. The van der Waals surface area contributed by atoms with Gasteiger partial charge in [-0.25, -0.2) is 4.98 Å². The molecule has 1 heterocycles. The molecule has 0 aliphatic heterocycles. The lowest BCUT2D eigenvalue weighted by molar-refractivity contribution is -0.138. The van der Waals surface area contributed by atoms with Crippen molar-refractivity contribution in [3.05, 3.63) is 28.5 Å². The maximum absolute atomic E-state index is 10.6. The van der Waals surface area contributed by atoms with Gasteiger partial charge in [0.1, 0.15) is 4.60 Å². The minimum Gasteiger partial charge on any atom is -0.481 e. The van der Waals surface area contributed by atoms with Gasteiger partial charge in [0.05, 0.1) is 11.6 Å². The van der Waals surface area contributed by atoms with E-state index in [1.54, 1.807) is 25.1 Å². The van der Waals surface area contributed by atoms with E-state index in [-0.39, 0.29) is 0 Å². The van der Waals surface area contributed by atoms with Crippen LogP contribution in [0.25, 0.3) is 0 Å². The van der Waals surface area contributed by atoms with Crippen molar-refractivity contribution in [3.8, 4) is 0 Å². The van der Waals surface area contributed by atoms with Crippen molar-refractivity contribution in [1.29, 1.82) is 0 Å². The van der Waals surface area contributed by atoms with Gasteiger partial charge >= 0.3 is 5.97 Å². The standard InChI is InChI=1S/C8H8BrNO2/c1-5(8(11)12)6-3-2-4-7(9)10-6/h2-5H,1H3,(H,11,12). The van der Waals surface area contributed by atoms with Gasteiger partial charge in [-0.2, -0.15) is 0 Å². The molecule has 1 unspecified atom stereocenters. The molecule has 0 aliphatic carbocycles. The molecular formula is C8H8BrNO2. The molecule has 0 spiro atoms. The summed E-state index contributed by atoms with van der Waals surface area (Å²) in [5.41, 5.74) is 0.567. The molecule has 1 aromatic heterocycles. The Balaban J connectivity index is 2.95. The van der Waals surface area contributed by atoms with E-state index in [0.29, 0.717) is 10.3 Å². The number of carbonyl (C=O) groups is 1. The number of aliphatic carboxylic acids is 1. The van der Waals surface area contributed by atoms with Crippen molar-refractivity contribution in [2.75, 3.05) is 0 Å². The molecule has 1 N–H and O–H groups in total. The van der Waals surface area contributed by atoms with Crippen LogP contribution in [0.1, 0.15) is 18.5 Å². The van der Waals surface area contributed by atoms with Crippen LogP contribution in [0, 0.1) is 0 Å². The van der Waals surface area contributed by atoms with Crippen LogP contribution in [0.5, 0.6) is 0 Å². The van der Waals surface area contributed by atoms with Gasteiger partial charge in [-0.15, -0.1) is 0 Å². The largest absolute Gasteiger partial charge is 0.481 e. The lowest BCUT2D eigenvalue weighted by Gasteiger charge is -2.04. The van der Waals surface area contributed by atoms with Crippen molar-refractivity contribution >= 4 is 21.9 Å². The number of hydrogen-bond donors (Lipinski definition) is 1. The van der Waals surface area contributed by atoms with Crippen molar-refractivity contribution in [1.82, 2.24) is 4.98 Å². The molecule has 3 nitrogen and oxygen atoms in total. The lowest BCUT2D eigenvalue weighted by atomic mass is 10.1. The number of carboxylic acid groups (broad SMARTS) is 1. The van der Waals surface area contributed by atoms with Gasteiger partial charge in [0.15, 0.2) is 0 Å². The summed E-state index contributed by atoms with van der Waals surface area (Å²) in [7, 11) is 0. The molecule has 0 saturated carbocycles.